The van der Waals surface area contributed by atoms with Crippen LogP contribution < -0.4 is 5.32 Å². The second-order valence-corrected chi connectivity index (χ2v) is 6.25. The molecule has 1 N–H and O–H groups in total. The molecule has 0 bridgehead atoms. The number of hydrogen-bond donors (Lipinski definition) is 1. The Bertz CT molecular complexity index is 150. The second kappa shape index (κ2) is 6.02. The van der Waals surface area contributed by atoms with Gasteiger partial charge >= 0.3 is 0 Å². The van der Waals surface area contributed by atoms with Gasteiger partial charge in [-0.2, -0.15) is 11.8 Å². The van der Waals surface area contributed by atoms with Gasteiger partial charge in [0.1, 0.15) is 0 Å². The average molecular weight is 215 g/mol. The molecular formula is C12H25NS. The Kier molecular flexibility index (Phi) is 5.32. The minimum Gasteiger partial charge on any atom is -0.315 e. The molecule has 1 nitrogen and oxygen atoms in total. The van der Waals surface area contributed by atoms with Gasteiger partial charge in [0.25, 0.3) is 0 Å². The molecular weight excluding hydrogens is 190 g/mol. The van der Waals surface area contributed by atoms with E-state index in [1.165, 1.54) is 45.2 Å². The van der Waals surface area contributed by atoms with Crippen molar-refractivity contribution in [1.29, 1.82) is 0 Å². The molecule has 1 aliphatic rings. The molecule has 84 valence electrons. The summed E-state index contributed by atoms with van der Waals surface area (Å²) in [5, 5.41) is 3.63. The van der Waals surface area contributed by atoms with Crippen molar-refractivity contribution in [2.45, 2.75) is 50.7 Å². The molecule has 1 aliphatic carbocycles. The van der Waals surface area contributed by atoms with Gasteiger partial charge < -0.3 is 5.32 Å². The fourth-order valence-corrected chi connectivity index (χ4v) is 3.18. The molecule has 0 amide bonds. The Hall–Kier alpha value is 0.310. The zero-order valence-electron chi connectivity index (χ0n) is 9.94. The highest BCUT2D eigenvalue weighted by Crippen LogP contribution is 2.37. The Labute approximate surface area is 93.4 Å². The first-order valence-corrected chi connectivity index (χ1v) is 7.17. The van der Waals surface area contributed by atoms with Crippen LogP contribution in [0.5, 0.6) is 0 Å². The highest BCUT2D eigenvalue weighted by atomic mass is 32.2. The predicted molar refractivity (Wildman–Crippen MR) is 67.0 cm³/mol. The molecule has 0 aromatic carbocycles. The summed E-state index contributed by atoms with van der Waals surface area (Å²) in [4.78, 5) is 0. The van der Waals surface area contributed by atoms with Crippen molar-refractivity contribution < 1.29 is 0 Å². The van der Waals surface area contributed by atoms with Gasteiger partial charge in [-0.05, 0) is 31.6 Å². The van der Waals surface area contributed by atoms with E-state index in [4.69, 9.17) is 0 Å². The molecule has 14 heavy (non-hydrogen) atoms. The van der Waals surface area contributed by atoms with E-state index in [9.17, 15) is 0 Å². The summed E-state index contributed by atoms with van der Waals surface area (Å²) in [6.45, 7) is 6.94. The molecule has 1 saturated carbocycles. The number of thioether (sulfide) groups is 1. The monoisotopic (exact) mass is 215 g/mol. The molecule has 0 heterocycles. The first-order valence-electron chi connectivity index (χ1n) is 5.94. The van der Waals surface area contributed by atoms with E-state index in [0.717, 1.165) is 5.92 Å². The van der Waals surface area contributed by atoms with Gasteiger partial charge in [0.05, 0.1) is 0 Å². The fourth-order valence-electron chi connectivity index (χ4n) is 2.24. The molecule has 0 atom stereocenters. The van der Waals surface area contributed by atoms with Gasteiger partial charge in [-0.25, -0.2) is 0 Å². The molecule has 0 aromatic heterocycles. The average Bonchev–Trinajstić information content (AvgIpc) is 2.19. The first-order chi connectivity index (χ1) is 6.68. The molecule has 0 spiro atoms. The Morgan fingerprint density at radius 2 is 1.86 bits per heavy atom. The minimum atomic E-state index is 0.563. The fraction of sp³-hybridized carbons (Fsp3) is 1.00. The largest absolute Gasteiger partial charge is 0.315 e. The van der Waals surface area contributed by atoms with E-state index in [1.54, 1.807) is 0 Å². The summed E-state index contributed by atoms with van der Waals surface area (Å²) in [5.41, 5.74) is 0. The van der Waals surface area contributed by atoms with Gasteiger partial charge in [-0.3, -0.25) is 0 Å². The normalized spacial score (nSPS) is 21.4. The summed E-state index contributed by atoms with van der Waals surface area (Å²) in [6.07, 6.45) is 9.43. The van der Waals surface area contributed by atoms with Crippen LogP contribution in [0, 0.1) is 5.92 Å². The van der Waals surface area contributed by atoms with E-state index in [-0.39, 0.29) is 0 Å². The van der Waals surface area contributed by atoms with Crippen LogP contribution >= 0.6 is 11.8 Å². The number of nitrogens with one attached hydrogen (secondary N) is 1. The molecule has 0 aliphatic heterocycles. The highest BCUT2D eigenvalue weighted by Gasteiger charge is 2.30. The van der Waals surface area contributed by atoms with Crippen molar-refractivity contribution >= 4 is 11.8 Å². The lowest BCUT2D eigenvalue weighted by Crippen LogP contribution is -2.40. The zero-order valence-corrected chi connectivity index (χ0v) is 10.8. The van der Waals surface area contributed by atoms with Crippen molar-refractivity contribution in [1.82, 2.24) is 5.32 Å². The van der Waals surface area contributed by atoms with Crippen LogP contribution in [0.25, 0.3) is 0 Å². The van der Waals surface area contributed by atoms with Crippen LogP contribution in [0.3, 0.4) is 0 Å². The highest BCUT2D eigenvalue weighted by molar-refractivity contribution is 8.00. The summed E-state index contributed by atoms with van der Waals surface area (Å²) in [5.74, 6) is 0.775. The molecule has 1 rings (SSSR count). The lowest BCUT2D eigenvalue weighted by atomic mass is 9.88. The summed E-state index contributed by atoms with van der Waals surface area (Å²) < 4.78 is 0.563. The van der Waals surface area contributed by atoms with Crippen LogP contribution in [-0.4, -0.2) is 24.1 Å². The Balaban J connectivity index is 2.29. The van der Waals surface area contributed by atoms with Crippen molar-refractivity contribution in [3.8, 4) is 0 Å². The third-order valence-corrected chi connectivity index (χ3v) is 4.62. The molecule has 0 radical (unpaired) electrons. The zero-order chi connectivity index (χ0) is 10.4. The van der Waals surface area contributed by atoms with Crippen LogP contribution in [0.2, 0.25) is 0 Å². The molecule has 0 saturated heterocycles. The second-order valence-electron chi connectivity index (χ2n) is 4.97. The van der Waals surface area contributed by atoms with E-state index in [2.05, 4.69) is 37.2 Å². The molecule has 1 fully saturated rings. The summed E-state index contributed by atoms with van der Waals surface area (Å²) in [7, 11) is 0. The van der Waals surface area contributed by atoms with Crippen molar-refractivity contribution in [2.75, 3.05) is 19.3 Å². The maximum absolute atomic E-state index is 3.63. The third-order valence-electron chi connectivity index (χ3n) is 3.20. The molecule has 0 aromatic rings. The lowest BCUT2D eigenvalue weighted by Gasteiger charge is -2.36. The summed E-state index contributed by atoms with van der Waals surface area (Å²) in [6, 6.07) is 0. The van der Waals surface area contributed by atoms with Gasteiger partial charge in [-0.15, -0.1) is 0 Å². The van der Waals surface area contributed by atoms with Crippen LogP contribution in [0.1, 0.15) is 46.0 Å². The van der Waals surface area contributed by atoms with Gasteiger partial charge in [-0.1, -0.05) is 33.1 Å². The Morgan fingerprint density at radius 1 is 1.21 bits per heavy atom. The van der Waals surface area contributed by atoms with E-state index in [0.29, 0.717) is 4.75 Å². The first kappa shape index (κ1) is 12.4. The number of rotatable bonds is 5. The quantitative estimate of drug-likeness (QED) is 0.755. The van der Waals surface area contributed by atoms with E-state index in [1.807, 2.05) is 0 Å². The molecule has 2 heteroatoms. The topological polar surface area (TPSA) is 12.0 Å². The van der Waals surface area contributed by atoms with Crippen molar-refractivity contribution in [2.24, 2.45) is 5.92 Å². The summed E-state index contributed by atoms with van der Waals surface area (Å²) >= 11 is 2.08. The standard InChI is InChI=1S/C12H25NS/c1-11(2)9-13-10-12(14-3)7-5-4-6-8-12/h11,13H,4-10H2,1-3H3. The third kappa shape index (κ3) is 3.82. The van der Waals surface area contributed by atoms with Crippen LogP contribution in [0.4, 0.5) is 0 Å². The van der Waals surface area contributed by atoms with Gasteiger partial charge in [0.15, 0.2) is 0 Å². The predicted octanol–water partition coefficient (Wildman–Crippen LogP) is 3.30. The van der Waals surface area contributed by atoms with Crippen LogP contribution in [-0.2, 0) is 0 Å². The maximum atomic E-state index is 3.63. The lowest BCUT2D eigenvalue weighted by molar-refractivity contribution is 0.372. The number of hydrogen-bond acceptors (Lipinski definition) is 2. The molecule has 0 unspecified atom stereocenters. The Morgan fingerprint density at radius 3 is 2.36 bits per heavy atom. The van der Waals surface area contributed by atoms with Crippen molar-refractivity contribution in [3.05, 3.63) is 0 Å². The van der Waals surface area contributed by atoms with Crippen LogP contribution in [0.15, 0.2) is 0 Å². The minimum absolute atomic E-state index is 0.563. The smallest absolute Gasteiger partial charge is 0.0281 e. The van der Waals surface area contributed by atoms with Gasteiger partial charge in [0, 0.05) is 11.3 Å². The maximum Gasteiger partial charge on any atom is 0.0281 e. The SMILES string of the molecule is CSC1(CNCC(C)C)CCCCC1. The van der Waals surface area contributed by atoms with Crippen molar-refractivity contribution in [3.63, 3.8) is 0 Å². The van der Waals surface area contributed by atoms with E-state index >= 15 is 0 Å². The van der Waals surface area contributed by atoms with Gasteiger partial charge in [0.2, 0.25) is 0 Å². The van der Waals surface area contributed by atoms with E-state index < -0.39 is 0 Å².